The molecule has 0 aliphatic carbocycles. The molecule has 0 bridgehead atoms. The topological polar surface area (TPSA) is 68.2 Å². The first-order valence-corrected chi connectivity index (χ1v) is 7.63. The van der Waals surface area contributed by atoms with E-state index >= 15 is 0 Å². The Kier molecular flexibility index (Phi) is 5.76. The Balaban J connectivity index is 1.90. The van der Waals surface area contributed by atoms with Crippen LogP contribution in [0.4, 0.5) is 0 Å². The fourth-order valence-electron chi connectivity index (χ4n) is 2.84. The molecule has 0 atom stereocenters. The van der Waals surface area contributed by atoms with E-state index in [0.717, 1.165) is 25.9 Å². The standard InChI is InChI=1S/C15H26N4O2/c1-15(4-6-16-7-5-15)13-11-17-12-19(13)9-3-14(20)18-8-10-21-2/h11-12,16H,3-10H2,1-2H3,(H,18,20). The predicted molar refractivity (Wildman–Crippen MR) is 81.2 cm³/mol. The fraction of sp³-hybridized carbons (Fsp3) is 0.733. The molecule has 1 amide bonds. The molecule has 118 valence electrons. The van der Waals surface area contributed by atoms with Gasteiger partial charge in [-0.1, -0.05) is 6.92 Å². The average Bonchev–Trinajstić information content (AvgIpc) is 2.95. The van der Waals surface area contributed by atoms with E-state index in [4.69, 9.17) is 4.74 Å². The quantitative estimate of drug-likeness (QED) is 0.726. The van der Waals surface area contributed by atoms with E-state index in [1.165, 1.54) is 5.69 Å². The molecule has 0 saturated carbocycles. The van der Waals surface area contributed by atoms with Crippen LogP contribution in [-0.4, -0.2) is 48.8 Å². The van der Waals surface area contributed by atoms with E-state index in [2.05, 4.69) is 27.1 Å². The molecule has 21 heavy (non-hydrogen) atoms. The molecular weight excluding hydrogens is 268 g/mol. The number of piperidine rings is 1. The molecule has 2 rings (SSSR count). The lowest BCUT2D eigenvalue weighted by molar-refractivity contribution is -0.121. The van der Waals surface area contributed by atoms with Gasteiger partial charge in [0.25, 0.3) is 0 Å². The zero-order valence-electron chi connectivity index (χ0n) is 13.0. The summed E-state index contributed by atoms with van der Waals surface area (Å²) in [5.74, 6) is 0.0576. The van der Waals surface area contributed by atoms with Crippen LogP contribution in [0.5, 0.6) is 0 Å². The van der Waals surface area contributed by atoms with Crippen LogP contribution >= 0.6 is 0 Å². The van der Waals surface area contributed by atoms with Crippen LogP contribution in [0.15, 0.2) is 12.5 Å². The van der Waals surface area contributed by atoms with Crippen molar-refractivity contribution in [1.82, 2.24) is 20.2 Å². The first-order chi connectivity index (χ1) is 10.2. The molecule has 0 unspecified atom stereocenters. The van der Waals surface area contributed by atoms with Crippen LogP contribution in [-0.2, 0) is 21.5 Å². The lowest BCUT2D eigenvalue weighted by atomic mass is 9.78. The number of amides is 1. The second kappa shape index (κ2) is 7.56. The predicted octanol–water partition coefficient (Wildman–Crippen LogP) is 0.677. The van der Waals surface area contributed by atoms with Crippen LogP contribution in [0, 0.1) is 0 Å². The van der Waals surface area contributed by atoms with Crippen molar-refractivity contribution in [2.75, 3.05) is 33.4 Å². The lowest BCUT2D eigenvalue weighted by Gasteiger charge is -2.34. The van der Waals surface area contributed by atoms with Gasteiger partial charge in [0.1, 0.15) is 0 Å². The third-order valence-corrected chi connectivity index (χ3v) is 4.25. The van der Waals surface area contributed by atoms with Gasteiger partial charge in [0.2, 0.25) is 5.91 Å². The zero-order valence-corrected chi connectivity index (χ0v) is 13.0. The molecule has 1 aliphatic heterocycles. The van der Waals surface area contributed by atoms with E-state index in [1.807, 2.05) is 12.5 Å². The minimum absolute atomic E-state index is 0.0576. The number of aromatic nitrogens is 2. The molecular formula is C15H26N4O2. The molecule has 0 spiro atoms. The normalized spacial score (nSPS) is 17.6. The largest absolute Gasteiger partial charge is 0.383 e. The van der Waals surface area contributed by atoms with Gasteiger partial charge in [0.05, 0.1) is 12.9 Å². The first kappa shape index (κ1) is 16.0. The summed E-state index contributed by atoms with van der Waals surface area (Å²) in [6, 6.07) is 0. The van der Waals surface area contributed by atoms with Crippen LogP contribution in [0.1, 0.15) is 31.9 Å². The van der Waals surface area contributed by atoms with Crippen molar-refractivity contribution in [2.24, 2.45) is 0 Å². The minimum Gasteiger partial charge on any atom is -0.383 e. The summed E-state index contributed by atoms with van der Waals surface area (Å²) in [6.45, 7) is 6.16. The summed E-state index contributed by atoms with van der Waals surface area (Å²) in [5, 5.41) is 6.24. The molecule has 1 saturated heterocycles. The van der Waals surface area contributed by atoms with Crippen LogP contribution in [0.25, 0.3) is 0 Å². The maximum Gasteiger partial charge on any atom is 0.221 e. The number of aryl methyl sites for hydroxylation is 1. The number of carbonyl (C=O) groups excluding carboxylic acids is 1. The van der Waals surface area contributed by atoms with Crippen LogP contribution in [0.3, 0.4) is 0 Å². The number of nitrogens with zero attached hydrogens (tertiary/aromatic N) is 2. The van der Waals surface area contributed by atoms with Gasteiger partial charge in [-0.2, -0.15) is 0 Å². The van der Waals surface area contributed by atoms with E-state index in [1.54, 1.807) is 7.11 Å². The number of carbonyl (C=O) groups is 1. The van der Waals surface area contributed by atoms with E-state index in [0.29, 0.717) is 26.1 Å². The number of imidazole rings is 1. The number of rotatable bonds is 7. The highest BCUT2D eigenvalue weighted by molar-refractivity contribution is 5.75. The summed E-state index contributed by atoms with van der Waals surface area (Å²) in [5.41, 5.74) is 1.41. The number of nitrogens with one attached hydrogen (secondary N) is 2. The van der Waals surface area contributed by atoms with Gasteiger partial charge in [-0.15, -0.1) is 0 Å². The summed E-state index contributed by atoms with van der Waals surface area (Å²) in [7, 11) is 1.63. The van der Waals surface area contributed by atoms with Crippen LogP contribution < -0.4 is 10.6 Å². The summed E-state index contributed by atoms with van der Waals surface area (Å²) in [4.78, 5) is 16.1. The lowest BCUT2D eigenvalue weighted by Crippen LogP contribution is -2.39. The van der Waals surface area contributed by atoms with Crippen molar-refractivity contribution in [3.8, 4) is 0 Å². The van der Waals surface area contributed by atoms with E-state index in [-0.39, 0.29) is 11.3 Å². The van der Waals surface area contributed by atoms with Crippen molar-refractivity contribution in [3.05, 3.63) is 18.2 Å². The van der Waals surface area contributed by atoms with Gasteiger partial charge in [0, 0.05) is 43.9 Å². The zero-order chi connectivity index (χ0) is 15.1. The van der Waals surface area contributed by atoms with Gasteiger partial charge in [-0.05, 0) is 25.9 Å². The van der Waals surface area contributed by atoms with Gasteiger partial charge in [-0.3, -0.25) is 4.79 Å². The number of methoxy groups -OCH3 is 1. The Morgan fingerprint density at radius 2 is 2.29 bits per heavy atom. The smallest absolute Gasteiger partial charge is 0.221 e. The molecule has 0 aromatic carbocycles. The number of hydrogen-bond acceptors (Lipinski definition) is 4. The highest BCUT2D eigenvalue weighted by Crippen LogP contribution is 2.32. The van der Waals surface area contributed by atoms with E-state index in [9.17, 15) is 4.79 Å². The van der Waals surface area contributed by atoms with Gasteiger partial charge in [-0.25, -0.2) is 4.98 Å². The Hall–Kier alpha value is -1.40. The molecule has 6 heteroatoms. The Bertz CT molecular complexity index is 452. The maximum atomic E-state index is 11.8. The third-order valence-electron chi connectivity index (χ3n) is 4.25. The molecule has 2 N–H and O–H groups in total. The second-order valence-corrected chi connectivity index (χ2v) is 5.88. The van der Waals surface area contributed by atoms with Gasteiger partial charge in [0.15, 0.2) is 0 Å². The fourth-order valence-corrected chi connectivity index (χ4v) is 2.84. The molecule has 1 aromatic heterocycles. The highest BCUT2D eigenvalue weighted by Gasteiger charge is 2.31. The number of hydrogen-bond donors (Lipinski definition) is 2. The van der Waals surface area contributed by atoms with Crippen molar-refractivity contribution >= 4 is 5.91 Å². The maximum absolute atomic E-state index is 11.8. The summed E-state index contributed by atoms with van der Waals surface area (Å²) >= 11 is 0. The molecule has 0 radical (unpaired) electrons. The SMILES string of the molecule is COCCNC(=O)CCn1cncc1C1(C)CCNCC1. The second-order valence-electron chi connectivity index (χ2n) is 5.88. The van der Waals surface area contributed by atoms with Gasteiger partial charge < -0.3 is 19.9 Å². The van der Waals surface area contributed by atoms with E-state index < -0.39 is 0 Å². The van der Waals surface area contributed by atoms with Crippen molar-refractivity contribution in [3.63, 3.8) is 0 Å². The Morgan fingerprint density at radius 3 is 3.00 bits per heavy atom. The summed E-state index contributed by atoms with van der Waals surface area (Å²) < 4.78 is 7.04. The summed E-state index contributed by atoms with van der Waals surface area (Å²) in [6.07, 6.45) is 6.48. The average molecular weight is 294 g/mol. The van der Waals surface area contributed by atoms with Crippen molar-refractivity contribution in [1.29, 1.82) is 0 Å². The minimum atomic E-state index is 0.0576. The monoisotopic (exact) mass is 294 g/mol. The molecule has 2 heterocycles. The van der Waals surface area contributed by atoms with Crippen molar-refractivity contribution in [2.45, 2.75) is 38.1 Å². The Labute approximate surface area is 126 Å². The Morgan fingerprint density at radius 1 is 1.52 bits per heavy atom. The first-order valence-electron chi connectivity index (χ1n) is 7.63. The molecule has 1 fully saturated rings. The van der Waals surface area contributed by atoms with Gasteiger partial charge >= 0.3 is 0 Å². The van der Waals surface area contributed by atoms with Crippen molar-refractivity contribution < 1.29 is 9.53 Å². The van der Waals surface area contributed by atoms with Crippen LogP contribution in [0.2, 0.25) is 0 Å². The molecule has 1 aromatic rings. The third kappa shape index (κ3) is 4.28. The molecule has 6 nitrogen and oxygen atoms in total. The highest BCUT2D eigenvalue weighted by atomic mass is 16.5. The number of ether oxygens (including phenoxy) is 1. The molecule has 1 aliphatic rings.